The van der Waals surface area contributed by atoms with Crippen LogP contribution in [0.4, 0.5) is 0 Å². The van der Waals surface area contributed by atoms with Crippen molar-refractivity contribution >= 4 is 45.3 Å². The summed E-state index contributed by atoms with van der Waals surface area (Å²) < 4.78 is 27.5. The molecule has 3 rings (SSSR count). The van der Waals surface area contributed by atoms with E-state index in [2.05, 4.69) is 10.5 Å². The van der Waals surface area contributed by atoms with Gasteiger partial charge in [-0.1, -0.05) is 71.2 Å². The first-order valence-electron chi connectivity index (χ1n) is 9.63. The third-order valence-electron chi connectivity index (χ3n) is 4.52. The van der Waals surface area contributed by atoms with Crippen molar-refractivity contribution < 1.29 is 13.2 Å². The van der Waals surface area contributed by atoms with E-state index in [0.717, 1.165) is 15.4 Å². The predicted molar refractivity (Wildman–Crippen MR) is 127 cm³/mol. The van der Waals surface area contributed by atoms with Crippen molar-refractivity contribution in [2.75, 3.05) is 6.54 Å². The van der Waals surface area contributed by atoms with Crippen LogP contribution in [-0.4, -0.2) is 31.4 Å². The fourth-order valence-electron chi connectivity index (χ4n) is 2.92. The average molecular weight is 490 g/mol. The maximum absolute atomic E-state index is 13.2. The Bertz CT molecular complexity index is 1230. The number of amides is 1. The van der Waals surface area contributed by atoms with Crippen LogP contribution in [0.3, 0.4) is 0 Å². The number of carbonyl (C=O) groups is 1. The Morgan fingerprint density at radius 2 is 1.75 bits per heavy atom. The molecule has 0 radical (unpaired) electrons. The van der Waals surface area contributed by atoms with Crippen LogP contribution in [0.25, 0.3) is 0 Å². The number of carbonyl (C=O) groups excluding carboxylic acids is 1. The molecule has 9 heteroatoms. The summed E-state index contributed by atoms with van der Waals surface area (Å²) in [4.78, 5) is 12.6. The minimum atomic E-state index is -4.01. The standard InChI is InChI=1S/C23H21Cl2N3O3S/c1-17-5-4-6-18(13-17)14-26-27-23(29)16-28(15-19-7-2-3-8-22(19)25)32(30,31)21-11-9-20(24)10-12-21/h2-14H,15-16H2,1H3,(H,27,29)/b26-14-. The van der Waals surface area contributed by atoms with Crippen molar-refractivity contribution in [1.29, 1.82) is 0 Å². The molecule has 0 aliphatic rings. The maximum Gasteiger partial charge on any atom is 0.255 e. The molecule has 0 fully saturated rings. The Morgan fingerprint density at radius 3 is 2.44 bits per heavy atom. The lowest BCUT2D eigenvalue weighted by Crippen LogP contribution is -2.39. The van der Waals surface area contributed by atoms with Crippen molar-refractivity contribution in [3.63, 3.8) is 0 Å². The highest BCUT2D eigenvalue weighted by Gasteiger charge is 2.27. The van der Waals surface area contributed by atoms with Crippen molar-refractivity contribution in [3.05, 3.63) is 99.5 Å². The Balaban J connectivity index is 1.81. The van der Waals surface area contributed by atoms with E-state index in [1.54, 1.807) is 24.3 Å². The molecular formula is C23H21Cl2N3O3S. The van der Waals surface area contributed by atoms with Crippen molar-refractivity contribution in [2.45, 2.75) is 18.4 Å². The molecule has 3 aromatic carbocycles. The molecule has 3 aromatic rings. The zero-order valence-corrected chi connectivity index (χ0v) is 19.5. The highest BCUT2D eigenvalue weighted by atomic mass is 35.5. The van der Waals surface area contributed by atoms with E-state index >= 15 is 0 Å². The number of halogens is 2. The summed E-state index contributed by atoms with van der Waals surface area (Å²) in [7, 11) is -4.01. The van der Waals surface area contributed by atoms with Gasteiger partial charge in [0.25, 0.3) is 5.91 Å². The lowest BCUT2D eigenvalue weighted by atomic mass is 10.2. The fraction of sp³-hybridized carbons (Fsp3) is 0.130. The summed E-state index contributed by atoms with van der Waals surface area (Å²) in [6, 6.07) is 20.2. The molecule has 1 amide bonds. The van der Waals surface area contributed by atoms with Gasteiger partial charge in [0.05, 0.1) is 17.7 Å². The quantitative estimate of drug-likeness (QED) is 0.369. The zero-order valence-electron chi connectivity index (χ0n) is 17.2. The molecule has 166 valence electrons. The van der Waals surface area contributed by atoms with Crippen LogP contribution in [0.2, 0.25) is 10.0 Å². The van der Waals surface area contributed by atoms with Gasteiger partial charge in [0.1, 0.15) is 0 Å². The largest absolute Gasteiger partial charge is 0.272 e. The molecule has 0 unspecified atom stereocenters. The van der Waals surface area contributed by atoms with Gasteiger partial charge in [-0.25, -0.2) is 13.8 Å². The van der Waals surface area contributed by atoms with E-state index in [4.69, 9.17) is 23.2 Å². The van der Waals surface area contributed by atoms with Crippen molar-refractivity contribution in [2.24, 2.45) is 5.10 Å². The number of nitrogens with zero attached hydrogens (tertiary/aromatic N) is 2. The molecule has 32 heavy (non-hydrogen) atoms. The van der Waals surface area contributed by atoms with Crippen LogP contribution in [0.1, 0.15) is 16.7 Å². The normalized spacial score (nSPS) is 11.8. The fourth-order valence-corrected chi connectivity index (χ4v) is 4.62. The number of aryl methyl sites for hydroxylation is 1. The first kappa shape index (κ1) is 23.9. The van der Waals surface area contributed by atoms with Gasteiger partial charge in [0, 0.05) is 16.6 Å². The molecule has 0 heterocycles. The molecule has 0 aromatic heterocycles. The van der Waals surface area contributed by atoms with E-state index in [1.807, 2.05) is 31.2 Å². The summed E-state index contributed by atoms with van der Waals surface area (Å²) in [6.07, 6.45) is 1.50. The van der Waals surface area contributed by atoms with Crippen LogP contribution >= 0.6 is 23.2 Å². The van der Waals surface area contributed by atoms with E-state index in [1.165, 1.54) is 30.5 Å². The summed E-state index contributed by atoms with van der Waals surface area (Å²) in [5.41, 5.74) is 4.82. The molecule has 0 saturated carbocycles. The molecule has 0 atom stereocenters. The Kier molecular flexibility index (Phi) is 8.04. The second-order valence-electron chi connectivity index (χ2n) is 7.03. The van der Waals surface area contributed by atoms with Crippen molar-refractivity contribution in [1.82, 2.24) is 9.73 Å². The van der Waals surface area contributed by atoms with E-state index in [0.29, 0.717) is 15.6 Å². The smallest absolute Gasteiger partial charge is 0.255 e. The van der Waals surface area contributed by atoms with Gasteiger partial charge >= 0.3 is 0 Å². The second kappa shape index (κ2) is 10.7. The third-order valence-corrected chi connectivity index (χ3v) is 6.95. The van der Waals surface area contributed by atoms with Gasteiger partial charge in [-0.2, -0.15) is 9.41 Å². The highest BCUT2D eigenvalue weighted by molar-refractivity contribution is 7.89. The monoisotopic (exact) mass is 489 g/mol. The number of hydrogen-bond donors (Lipinski definition) is 1. The Labute approximate surface area is 197 Å². The SMILES string of the molecule is Cc1cccc(/C=N\NC(=O)CN(Cc2ccccc2Cl)S(=O)(=O)c2ccc(Cl)cc2)c1. The molecule has 0 bridgehead atoms. The van der Waals surface area contributed by atoms with E-state index in [9.17, 15) is 13.2 Å². The molecule has 1 N–H and O–H groups in total. The van der Waals surface area contributed by atoms with Gasteiger partial charge < -0.3 is 0 Å². The minimum absolute atomic E-state index is 0.0185. The second-order valence-corrected chi connectivity index (χ2v) is 9.81. The predicted octanol–water partition coefficient (Wildman–Crippen LogP) is 4.64. The maximum atomic E-state index is 13.2. The molecule has 0 aliphatic carbocycles. The number of benzene rings is 3. The topological polar surface area (TPSA) is 78.8 Å². The Hall–Kier alpha value is -2.71. The van der Waals surface area contributed by atoms with E-state index < -0.39 is 22.5 Å². The van der Waals surface area contributed by atoms with Crippen LogP contribution in [0.15, 0.2) is 82.8 Å². The number of hydrazone groups is 1. The molecule has 0 spiro atoms. The molecule has 0 saturated heterocycles. The first-order valence-corrected chi connectivity index (χ1v) is 11.8. The molecular weight excluding hydrogens is 469 g/mol. The molecule has 6 nitrogen and oxygen atoms in total. The summed E-state index contributed by atoms with van der Waals surface area (Å²) in [5, 5.41) is 4.75. The van der Waals surface area contributed by atoms with Crippen molar-refractivity contribution in [3.8, 4) is 0 Å². The highest BCUT2D eigenvalue weighted by Crippen LogP contribution is 2.23. The van der Waals surface area contributed by atoms with Gasteiger partial charge in [-0.15, -0.1) is 0 Å². The Morgan fingerprint density at radius 1 is 1.03 bits per heavy atom. The van der Waals surface area contributed by atoms with Crippen LogP contribution in [-0.2, 0) is 21.4 Å². The minimum Gasteiger partial charge on any atom is -0.272 e. The molecule has 0 aliphatic heterocycles. The lowest BCUT2D eigenvalue weighted by Gasteiger charge is -2.22. The van der Waals surface area contributed by atoms with Crippen LogP contribution in [0.5, 0.6) is 0 Å². The third kappa shape index (κ3) is 6.40. The number of rotatable bonds is 8. The zero-order chi connectivity index (χ0) is 23.1. The van der Waals surface area contributed by atoms with Gasteiger partial charge in [0.2, 0.25) is 10.0 Å². The van der Waals surface area contributed by atoms with Gasteiger partial charge in [0.15, 0.2) is 0 Å². The number of hydrogen-bond acceptors (Lipinski definition) is 4. The summed E-state index contributed by atoms with van der Waals surface area (Å²) in [6.45, 7) is 1.42. The first-order chi connectivity index (χ1) is 15.3. The van der Waals surface area contributed by atoms with Gasteiger partial charge in [-0.3, -0.25) is 4.79 Å². The number of sulfonamides is 1. The van der Waals surface area contributed by atoms with E-state index in [-0.39, 0.29) is 11.4 Å². The van der Waals surface area contributed by atoms with Gasteiger partial charge in [-0.05, 0) is 48.4 Å². The summed E-state index contributed by atoms with van der Waals surface area (Å²) in [5.74, 6) is -0.585. The van der Waals surface area contributed by atoms with Crippen LogP contribution in [0, 0.1) is 6.92 Å². The number of nitrogens with one attached hydrogen (secondary N) is 1. The summed E-state index contributed by atoms with van der Waals surface area (Å²) >= 11 is 12.1. The van der Waals surface area contributed by atoms with Crippen LogP contribution < -0.4 is 5.43 Å². The average Bonchev–Trinajstić information content (AvgIpc) is 2.75. The lowest BCUT2D eigenvalue weighted by molar-refractivity contribution is -0.121.